The number of ether oxygens (including phenoxy) is 1. The van der Waals surface area contributed by atoms with Gasteiger partial charge in [0.25, 0.3) is 5.91 Å². The van der Waals surface area contributed by atoms with E-state index in [2.05, 4.69) is 31.0 Å². The number of aliphatic hydroxyl groups is 1. The minimum absolute atomic E-state index is 0.0920. The van der Waals surface area contributed by atoms with Crippen molar-refractivity contribution in [2.24, 2.45) is 11.3 Å². The number of hydrogen-bond acceptors (Lipinski definition) is 4. The van der Waals surface area contributed by atoms with E-state index in [0.717, 1.165) is 32.2 Å². The van der Waals surface area contributed by atoms with Crippen molar-refractivity contribution in [2.75, 3.05) is 33.3 Å². The first-order valence-corrected chi connectivity index (χ1v) is 8.89. The van der Waals surface area contributed by atoms with Crippen LogP contribution < -0.4 is 5.32 Å². The van der Waals surface area contributed by atoms with E-state index in [-0.39, 0.29) is 5.91 Å². The van der Waals surface area contributed by atoms with Crippen LogP contribution in [-0.4, -0.2) is 60.4 Å². The number of hydrogen-bond donors (Lipinski definition) is 2. The molecule has 5 heteroatoms. The number of carbonyl (C=O) groups excluding carboxylic acids is 1. The van der Waals surface area contributed by atoms with Gasteiger partial charge in [0.05, 0.1) is 12.2 Å². The Hall–Kier alpha value is -0.650. The van der Waals surface area contributed by atoms with Crippen LogP contribution >= 0.6 is 0 Å². The Morgan fingerprint density at radius 2 is 1.96 bits per heavy atom. The van der Waals surface area contributed by atoms with Crippen molar-refractivity contribution >= 4 is 5.91 Å². The van der Waals surface area contributed by atoms with E-state index in [1.807, 2.05) is 6.92 Å². The number of carbonyl (C=O) groups is 1. The molecule has 23 heavy (non-hydrogen) atoms. The Bertz CT molecular complexity index is 424. The van der Waals surface area contributed by atoms with Crippen LogP contribution in [0.2, 0.25) is 0 Å². The van der Waals surface area contributed by atoms with Gasteiger partial charge in [-0.2, -0.15) is 0 Å². The lowest BCUT2D eigenvalue weighted by Gasteiger charge is -2.46. The molecule has 5 nitrogen and oxygen atoms in total. The predicted molar refractivity (Wildman–Crippen MR) is 91.2 cm³/mol. The molecule has 0 aromatic rings. The summed E-state index contributed by atoms with van der Waals surface area (Å²) >= 11 is 0. The first-order chi connectivity index (χ1) is 10.6. The van der Waals surface area contributed by atoms with Gasteiger partial charge in [0.15, 0.2) is 5.60 Å². The molecule has 1 atom stereocenters. The quantitative estimate of drug-likeness (QED) is 0.830. The molecular weight excluding hydrogens is 292 g/mol. The van der Waals surface area contributed by atoms with Gasteiger partial charge in [0, 0.05) is 26.7 Å². The molecule has 0 aromatic carbocycles. The number of rotatable bonds is 3. The minimum Gasteiger partial charge on any atom is -0.389 e. The highest BCUT2D eigenvalue weighted by molar-refractivity contribution is 5.84. The molecule has 0 aromatic heterocycles. The van der Waals surface area contributed by atoms with Gasteiger partial charge < -0.3 is 15.2 Å². The van der Waals surface area contributed by atoms with E-state index in [1.165, 1.54) is 0 Å². The van der Waals surface area contributed by atoms with Crippen LogP contribution in [-0.2, 0) is 9.53 Å². The molecule has 0 bridgehead atoms. The lowest BCUT2D eigenvalue weighted by atomic mass is 9.68. The van der Waals surface area contributed by atoms with E-state index in [9.17, 15) is 9.90 Å². The fourth-order valence-electron chi connectivity index (χ4n) is 4.08. The molecule has 2 rings (SSSR count). The highest BCUT2D eigenvalue weighted by Gasteiger charge is 2.43. The van der Waals surface area contributed by atoms with Gasteiger partial charge in [-0.3, -0.25) is 9.69 Å². The molecule has 1 saturated carbocycles. The zero-order valence-corrected chi connectivity index (χ0v) is 15.4. The van der Waals surface area contributed by atoms with Crippen LogP contribution in [0, 0.1) is 11.3 Å². The lowest BCUT2D eigenvalue weighted by Crippen LogP contribution is -2.60. The second kappa shape index (κ2) is 6.69. The van der Waals surface area contributed by atoms with Crippen molar-refractivity contribution in [2.45, 2.75) is 64.6 Å². The van der Waals surface area contributed by atoms with Gasteiger partial charge in [-0.15, -0.1) is 0 Å². The second-order valence-electron chi connectivity index (χ2n) is 8.73. The Balaban J connectivity index is 1.93. The summed E-state index contributed by atoms with van der Waals surface area (Å²) in [4.78, 5) is 14.2. The van der Waals surface area contributed by atoms with Crippen LogP contribution in [0.15, 0.2) is 0 Å². The van der Waals surface area contributed by atoms with E-state index >= 15 is 0 Å². The molecule has 2 aliphatic rings. The summed E-state index contributed by atoms with van der Waals surface area (Å²) in [5, 5.41) is 13.7. The van der Waals surface area contributed by atoms with Crippen LogP contribution in [0.25, 0.3) is 0 Å². The van der Waals surface area contributed by atoms with Crippen molar-refractivity contribution in [3.8, 4) is 0 Å². The van der Waals surface area contributed by atoms with Crippen LogP contribution in [0.5, 0.6) is 0 Å². The standard InChI is InChI=1S/C18H34N2O3/c1-16(2,3)14-6-8-18(22,9-7-14)13-20-10-11-23-17(4,12-20)15(21)19-5/h14,22H,6-13H2,1-5H3,(H,19,21)/t14?,17-,18?/m0/s1. The third-order valence-electron chi connectivity index (χ3n) is 5.72. The highest BCUT2D eigenvalue weighted by Crippen LogP contribution is 2.41. The van der Waals surface area contributed by atoms with Crippen molar-refractivity contribution in [3.05, 3.63) is 0 Å². The maximum absolute atomic E-state index is 12.0. The molecule has 2 fully saturated rings. The van der Waals surface area contributed by atoms with Crippen LogP contribution in [0.4, 0.5) is 0 Å². The number of amides is 1. The molecule has 1 aliphatic carbocycles. The molecule has 0 spiro atoms. The summed E-state index contributed by atoms with van der Waals surface area (Å²) in [6, 6.07) is 0. The maximum atomic E-state index is 12.0. The lowest BCUT2D eigenvalue weighted by molar-refractivity contribution is -0.160. The number of likely N-dealkylation sites (N-methyl/N-ethyl adjacent to an activating group) is 1. The third-order valence-corrected chi connectivity index (χ3v) is 5.72. The number of nitrogens with one attached hydrogen (secondary N) is 1. The minimum atomic E-state index is -0.814. The molecule has 0 unspecified atom stereocenters. The summed E-state index contributed by atoms with van der Waals surface area (Å²) in [6.45, 7) is 11.2. The normalized spacial score (nSPS) is 36.7. The Morgan fingerprint density at radius 3 is 2.48 bits per heavy atom. The molecule has 0 radical (unpaired) electrons. The number of β-amino-alcohol motifs (C(OH)–C–C–N with tert-alkyl or cyclic N) is 1. The molecule has 1 amide bonds. The summed E-state index contributed by atoms with van der Waals surface area (Å²) in [5.41, 5.74) is -1.12. The summed E-state index contributed by atoms with van der Waals surface area (Å²) < 4.78 is 5.70. The SMILES string of the molecule is CNC(=O)[C@]1(C)CN(CC2(O)CCC(C(C)(C)C)CC2)CCO1. The zero-order valence-electron chi connectivity index (χ0n) is 15.4. The fourth-order valence-corrected chi connectivity index (χ4v) is 4.08. The fraction of sp³-hybridized carbons (Fsp3) is 0.944. The van der Waals surface area contributed by atoms with Gasteiger partial charge in [0.2, 0.25) is 0 Å². The summed E-state index contributed by atoms with van der Waals surface area (Å²) in [6.07, 6.45) is 3.86. The van der Waals surface area contributed by atoms with E-state index in [1.54, 1.807) is 7.05 Å². The number of nitrogens with zero attached hydrogens (tertiary/aromatic N) is 1. The Labute approximate surface area is 140 Å². The summed E-state index contributed by atoms with van der Waals surface area (Å²) in [5.74, 6) is 0.592. The Morgan fingerprint density at radius 1 is 1.35 bits per heavy atom. The smallest absolute Gasteiger partial charge is 0.253 e. The van der Waals surface area contributed by atoms with Gasteiger partial charge in [-0.05, 0) is 43.9 Å². The van der Waals surface area contributed by atoms with Gasteiger partial charge in [-0.1, -0.05) is 20.8 Å². The van der Waals surface area contributed by atoms with Gasteiger partial charge in [-0.25, -0.2) is 0 Å². The maximum Gasteiger partial charge on any atom is 0.253 e. The highest BCUT2D eigenvalue weighted by atomic mass is 16.5. The van der Waals surface area contributed by atoms with Crippen molar-refractivity contribution in [1.29, 1.82) is 0 Å². The first kappa shape index (κ1) is 18.7. The molecule has 1 aliphatic heterocycles. The van der Waals surface area contributed by atoms with E-state index in [0.29, 0.717) is 31.0 Å². The van der Waals surface area contributed by atoms with Crippen molar-refractivity contribution in [1.82, 2.24) is 10.2 Å². The van der Waals surface area contributed by atoms with Crippen LogP contribution in [0.1, 0.15) is 53.4 Å². The van der Waals surface area contributed by atoms with Crippen molar-refractivity contribution in [3.63, 3.8) is 0 Å². The predicted octanol–water partition coefficient (Wildman–Crippen LogP) is 1.79. The molecule has 1 heterocycles. The van der Waals surface area contributed by atoms with Gasteiger partial charge >= 0.3 is 0 Å². The largest absolute Gasteiger partial charge is 0.389 e. The molecule has 1 saturated heterocycles. The Kier molecular flexibility index (Phi) is 5.44. The molecule has 134 valence electrons. The molecule has 2 N–H and O–H groups in total. The van der Waals surface area contributed by atoms with Crippen molar-refractivity contribution < 1.29 is 14.6 Å². The first-order valence-electron chi connectivity index (χ1n) is 8.89. The number of morpholine rings is 1. The van der Waals surface area contributed by atoms with Gasteiger partial charge in [0.1, 0.15) is 0 Å². The average molecular weight is 326 g/mol. The van der Waals surface area contributed by atoms with E-state index < -0.39 is 11.2 Å². The monoisotopic (exact) mass is 326 g/mol. The zero-order chi connectivity index (χ0) is 17.3. The second-order valence-corrected chi connectivity index (χ2v) is 8.73. The topological polar surface area (TPSA) is 61.8 Å². The molecular formula is C18H34N2O3. The van der Waals surface area contributed by atoms with Crippen LogP contribution in [0.3, 0.4) is 0 Å². The summed E-state index contributed by atoms with van der Waals surface area (Å²) in [7, 11) is 1.64. The third kappa shape index (κ3) is 4.46. The average Bonchev–Trinajstić information content (AvgIpc) is 2.45. The van der Waals surface area contributed by atoms with E-state index in [4.69, 9.17) is 4.74 Å².